The molecular weight excluding hydrogens is 326 g/mol. The Hall–Kier alpha value is -2.38. The molecule has 0 saturated heterocycles. The van der Waals surface area contributed by atoms with E-state index >= 15 is 0 Å². The predicted molar refractivity (Wildman–Crippen MR) is 93.5 cm³/mol. The van der Waals surface area contributed by atoms with E-state index < -0.39 is 10.0 Å². The minimum Gasteiger partial charge on any atom is -0.306 e. The first-order chi connectivity index (χ1) is 11.5. The SMILES string of the molecule is Cc1cccc(S(=O)(=O)NCCCn2c(=O)[nH]c3ccccc32)c1. The van der Waals surface area contributed by atoms with E-state index in [0.29, 0.717) is 13.0 Å². The Morgan fingerprint density at radius 2 is 1.92 bits per heavy atom. The number of nitrogens with zero attached hydrogens (tertiary/aromatic N) is 1. The Morgan fingerprint density at radius 3 is 2.71 bits per heavy atom. The highest BCUT2D eigenvalue weighted by Crippen LogP contribution is 2.11. The fraction of sp³-hybridized carbons (Fsp3) is 0.235. The minimum absolute atomic E-state index is 0.183. The monoisotopic (exact) mass is 345 g/mol. The first-order valence-corrected chi connectivity index (χ1v) is 9.19. The molecule has 0 aliphatic heterocycles. The zero-order valence-corrected chi connectivity index (χ0v) is 14.1. The number of hydrogen-bond acceptors (Lipinski definition) is 3. The van der Waals surface area contributed by atoms with Crippen molar-refractivity contribution in [2.24, 2.45) is 0 Å². The molecule has 3 aromatic rings. The Morgan fingerprint density at radius 1 is 1.12 bits per heavy atom. The van der Waals surface area contributed by atoms with E-state index in [1.807, 2.05) is 37.3 Å². The molecule has 1 heterocycles. The molecule has 0 amide bonds. The molecule has 1 aromatic heterocycles. The number of aromatic nitrogens is 2. The topological polar surface area (TPSA) is 84.0 Å². The standard InChI is InChI=1S/C17H19N3O3S/c1-13-6-4-7-14(12-13)24(22,23)18-10-5-11-20-16-9-3-2-8-15(16)19-17(20)21/h2-4,6-9,12,18H,5,10-11H2,1H3,(H,19,21). The van der Waals surface area contributed by atoms with E-state index in [9.17, 15) is 13.2 Å². The van der Waals surface area contributed by atoms with Crippen LogP contribution in [0.2, 0.25) is 0 Å². The van der Waals surface area contributed by atoms with Gasteiger partial charge in [0, 0.05) is 13.1 Å². The number of fused-ring (bicyclic) bond motifs is 1. The summed E-state index contributed by atoms with van der Waals surface area (Å²) in [6, 6.07) is 14.2. The van der Waals surface area contributed by atoms with Gasteiger partial charge < -0.3 is 4.98 Å². The Balaban J connectivity index is 1.64. The van der Waals surface area contributed by atoms with Crippen molar-refractivity contribution in [2.45, 2.75) is 24.8 Å². The van der Waals surface area contributed by atoms with Crippen LogP contribution in [0.3, 0.4) is 0 Å². The lowest BCUT2D eigenvalue weighted by Crippen LogP contribution is -2.26. The fourth-order valence-corrected chi connectivity index (χ4v) is 3.82. The summed E-state index contributed by atoms with van der Waals surface area (Å²) in [6.07, 6.45) is 0.521. The number of benzene rings is 2. The summed E-state index contributed by atoms with van der Waals surface area (Å²) in [7, 11) is -3.52. The van der Waals surface area contributed by atoms with Crippen molar-refractivity contribution < 1.29 is 8.42 Å². The molecule has 0 saturated carbocycles. The van der Waals surface area contributed by atoms with Crippen molar-refractivity contribution in [2.75, 3.05) is 6.54 Å². The van der Waals surface area contributed by atoms with Gasteiger partial charge in [-0.3, -0.25) is 4.57 Å². The number of sulfonamides is 1. The van der Waals surface area contributed by atoms with E-state index in [4.69, 9.17) is 0 Å². The van der Waals surface area contributed by atoms with Gasteiger partial charge in [0.25, 0.3) is 0 Å². The van der Waals surface area contributed by atoms with Crippen LogP contribution in [0.4, 0.5) is 0 Å². The number of para-hydroxylation sites is 2. The molecule has 0 bridgehead atoms. The highest BCUT2D eigenvalue weighted by Gasteiger charge is 2.13. The number of H-pyrrole nitrogens is 1. The zero-order chi connectivity index (χ0) is 17.2. The summed E-state index contributed by atoms with van der Waals surface area (Å²) in [5.74, 6) is 0. The smallest absolute Gasteiger partial charge is 0.306 e. The van der Waals surface area contributed by atoms with Crippen molar-refractivity contribution in [1.82, 2.24) is 14.3 Å². The minimum atomic E-state index is -3.52. The van der Waals surface area contributed by atoms with Gasteiger partial charge in [-0.1, -0.05) is 24.3 Å². The molecule has 7 heteroatoms. The molecule has 0 aliphatic rings. The van der Waals surface area contributed by atoms with E-state index in [2.05, 4.69) is 9.71 Å². The summed E-state index contributed by atoms with van der Waals surface area (Å²) in [4.78, 5) is 15.0. The summed E-state index contributed by atoms with van der Waals surface area (Å²) >= 11 is 0. The number of aromatic amines is 1. The van der Waals surface area contributed by atoms with Crippen LogP contribution in [-0.4, -0.2) is 24.5 Å². The summed E-state index contributed by atoms with van der Waals surface area (Å²) in [5, 5.41) is 0. The van der Waals surface area contributed by atoms with Gasteiger partial charge in [0.1, 0.15) is 0 Å². The maximum absolute atomic E-state index is 12.2. The van der Waals surface area contributed by atoms with Crippen LogP contribution in [0.1, 0.15) is 12.0 Å². The lowest BCUT2D eigenvalue weighted by atomic mass is 10.2. The average Bonchev–Trinajstić information content (AvgIpc) is 2.87. The second kappa shape index (κ2) is 6.62. The Kier molecular flexibility index (Phi) is 4.55. The van der Waals surface area contributed by atoms with Gasteiger partial charge in [-0.05, 0) is 43.2 Å². The van der Waals surface area contributed by atoms with Gasteiger partial charge in [-0.25, -0.2) is 17.9 Å². The molecule has 6 nitrogen and oxygen atoms in total. The second-order valence-electron chi connectivity index (χ2n) is 5.67. The summed E-state index contributed by atoms with van der Waals surface area (Å²) in [5.41, 5.74) is 2.31. The molecule has 126 valence electrons. The highest BCUT2D eigenvalue weighted by atomic mass is 32.2. The van der Waals surface area contributed by atoms with Gasteiger partial charge in [-0.2, -0.15) is 0 Å². The summed E-state index contributed by atoms with van der Waals surface area (Å²) in [6.45, 7) is 2.56. The normalized spacial score (nSPS) is 11.9. The lowest BCUT2D eigenvalue weighted by molar-refractivity contribution is 0.569. The van der Waals surface area contributed by atoms with Crippen LogP contribution >= 0.6 is 0 Å². The Labute approximate surface area is 140 Å². The van der Waals surface area contributed by atoms with Crippen LogP contribution in [0.5, 0.6) is 0 Å². The average molecular weight is 345 g/mol. The van der Waals surface area contributed by atoms with Gasteiger partial charge in [-0.15, -0.1) is 0 Å². The van der Waals surface area contributed by atoms with Crippen LogP contribution in [-0.2, 0) is 16.6 Å². The third-order valence-electron chi connectivity index (χ3n) is 3.83. The van der Waals surface area contributed by atoms with Crippen molar-refractivity contribution in [3.63, 3.8) is 0 Å². The number of hydrogen-bond donors (Lipinski definition) is 2. The molecule has 0 radical (unpaired) electrons. The molecular formula is C17H19N3O3S. The molecule has 2 aromatic carbocycles. The largest absolute Gasteiger partial charge is 0.326 e. The number of rotatable bonds is 6. The molecule has 2 N–H and O–H groups in total. The highest BCUT2D eigenvalue weighted by molar-refractivity contribution is 7.89. The molecule has 0 aliphatic carbocycles. The number of nitrogens with one attached hydrogen (secondary N) is 2. The van der Waals surface area contributed by atoms with Gasteiger partial charge in [0.05, 0.1) is 15.9 Å². The van der Waals surface area contributed by atoms with Crippen molar-refractivity contribution >= 4 is 21.1 Å². The van der Waals surface area contributed by atoms with Crippen LogP contribution < -0.4 is 10.4 Å². The van der Waals surface area contributed by atoms with Crippen molar-refractivity contribution in [3.8, 4) is 0 Å². The van der Waals surface area contributed by atoms with Crippen molar-refractivity contribution in [3.05, 3.63) is 64.6 Å². The Bertz CT molecular complexity index is 1020. The van der Waals surface area contributed by atoms with E-state index in [1.165, 1.54) is 0 Å². The quantitative estimate of drug-likeness (QED) is 0.670. The first-order valence-electron chi connectivity index (χ1n) is 7.71. The third kappa shape index (κ3) is 3.42. The summed E-state index contributed by atoms with van der Waals surface area (Å²) < 4.78 is 28.7. The van der Waals surface area contributed by atoms with Gasteiger partial charge >= 0.3 is 5.69 Å². The number of imidazole rings is 1. The number of aryl methyl sites for hydroxylation is 2. The molecule has 24 heavy (non-hydrogen) atoms. The van der Waals surface area contributed by atoms with E-state index in [0.717, 1.165) is 16.6 Å². The van der Waals surface area contributed by atoms with Gasteiger partial charge in [0.2, 0.25) is 10.0 Å². The van der Waals surface area contributed by atoms with Gasteiger partial charge in [0.15, 0.2) is 0 Å². The second-order valence-corrected chi connectivity index (χ2v) is 7.43. The predicted octanol–water partition coefficient (Wildman–Crippen LogP) is 2.01. The van der Waals surface area contributed by atoms with Crippen LogP contribution in [0.25, 0.3) is 11.0 Å². The molecule has 0 unspecified atom stereocenters. The van der Waals surface area contributed by atoms with Crippen LogP contribution in [0, 0.1) is 6.92 Å². The maximum Gasteiger partial charge on any atom is 0.326 e. The third-order valence-corrected chi connectivity index (χ3v) is 5.29. The molecule has 3 rings (SSSR count). The molecule has 0 atom stereocenters. The zero-order valence-electron chi connectivity index (χ0n) is 13.3. The van der Waals surface area contributed by atoms with E-state index in [-0.39, 0.29) is 17.1 Å². The first kappa shape index (κ1) is 16.5. The van der Waals surface area contributed by atoms with E-state index in [1.54, 1.807) is 22.8 Å². The maximum atomic E-state index is 12.2. The molecule has 0 fully saturated rings. The fourth-order valence-electron chi connectivity index (χ4n) is 2.64. The van der Waals surface area contributed by atoms with Crippen LogP contribution in [0.15, 0.2) is 58.2 Å². The van der Waals surface area contributed by atoms with Crippen molar-refractivity contribution in [1.29, 1.82) is 0 Å². The lowest BCUT2D eigenvalue weighted by Gasteiger charge is -2.08. The molecule has 0 spiro atoms.